The van der Waals surface area contributed by atoms with Gasteiger partial charge in [0.25, 0.3) is 0 Å². The van der Waals surface area contributed by atoms with Gasteiger partial charge in [-0.1, -0.05) is 18.5 Å². The molecule has 1 atom stereocenters. The van der Waals surface area contributed by atoms with Crippen LogP contribution in [-0.2, 0) is 0 Å². The lowest BCUT2D eigenvalue weighted by atomic mass is 10.1. The maximum absolute atomic E-state index is 10.8. The van der Waals surface area contributed by atoms with Gasteiger partial charge in [0.1, 0.15) is 5.82 Å². The number of rotatable bonds is 6. The van der Waals surface area contributed by atoms with Crippen LogP contribution >= 0.6 is 11.6 Å². The summed E-state index contributed by atoms with van der Waals surface area (Å²) < 4.78 is 0. The van der Waals surface area contributed by atoms with Crippen LogP contribution in [0.1, 0.15) is 30.3 Å². The highest BCUT2D eigenvalue weighted by atomic mass is 35.5. The first-order valence-corrected chi connectivity index (χ1v) is 5.73. The van der Waals surface area contributed by atoms with Gasteiger partial charge in [-0.25, -0.2) is 9.78 Å². The van der Waals surface area contributed by atoms with Crippen molar-refractivity contribution in [3.63, 3.8) is 0 Å². The third-order valence-corrected chi connectivity index (χ3v) is 2.68. The lowest BCUT2D eigenvalue weighted by Gasteiger charge is -2.16. The van der Waals surface area contributed by atoms with Crippen molar-refractivity contribution in [2.75, 3.05) is 11.9 Å². The maximum atomic E-state index is 10.8. The van der Waals surface area contributed by atoms with Gasteiger partial charge in [-0.15, -0.1) is 0 Å². The summed E-state index contributed by atoms with van der Waals surface area (Å²) in [6.45, 7) is 2.05. The van der Waals surface area contributed by atoms with Crippen molar-refractivity contribution in [3.8, 4) is 0 Å². The Morgan fingerprint density at radius 1 is 1.59 bits per heavy atom. The number of nitrogens with one attached hydrogen (secondary N) is 1. The van der Waals surface area contributed by atoms with Gasteiger partial charge < -0.3 is 15.5 Å². The first-order chi connectivity index (χ1) is 8.08. The molecule has 1 rings (SSSR count). The molecular formula is C11H15ClN2O3. The molecule has 0 aliphatic carbocycles. The number of nitrogens with zero attached hydrogens (tertiary/aromatic N) is 1. The predicted octanol–water partition coefficient (Wildman–Crippen LogP) is 2.01. The van der Waals surface area contributed by atoms with Crippen LogP contribution in [0.3, 0.4) is 0 Å². The molecule has 0 spiro atoms. The summed E-state index contributed by atoms with van der Waals surface area (Å²) in [5.41, 5.74) is -0.171. The second-order valence-corrected chi connectivity index (χ2v) is 4.00. The Morgan fingerprint density at radius 2 is 2.29 bits per heavy atom. The molecule has 0 aromatic carbocycles. The van der Waals surface area contributed by atoms with Crippen LogP contribution in [0.4, 0.5) is 5.82 Å². The SMILES string of the molecule is CCC(CCO)Nc1ccc(Cl)c(C(=O)O)n1. The quantitative estimate of drug-likeness (QED) is 0.727. The largest absolute Gasteiger partial charge is 0.476 e. The Kier molecular flexibility index (Phi) is 5.18. The number of halogens is 1. The zero-order valence-electron chi connectivity index (χ0n) is 9.48. The molecule has 0 amide bonds. The van der Waals surface area contributed by atoms with Crippen molar-refractivity contribution in [2.24, 2.45) is 0 Å². The number of aliphatic hydroxyl groups is 1. The third-order valence-electron chi connectivity index (χ3n) is 2.37. The second kappa shape index (κ2) is 6.42. The summed E-state index contributed by atoms with van der Waals surface area (Å²) in [7, 11) is 0. The van der Waals surface area contributed by atoms with Crippen molar-refractivity contribution in [1.29, 1.82) is 0 Å². The lowest BCUT2D eigenvalue weighted by molar-refractivity contribution is 0.0691. The zero-order valence-corrected chi connectivity index (χ0v) is 10.2. The van der Waals surface area contributed by atoms with Crippen LogP contribution in [-0.4, -0.2) is 33.8 Å². The van der Waals surface area contributed by atoms with Crippen molar-refractivity contribution in [3.05, 3.63) is 22.8 Å². The minimum absolute atomic E-state index is 0.0651. The Labute approximate surface area is 104 Å². The van der Waals surface area contributed by atoms with Crippen LogP contribution in [0.15, 0.2) is 12.1 Å². The predicted molar refractivity (Wildman–Crippen MR) is 65.6 cm³/mol. The molecule has 1 aromatic rings. The molecule has 0 fully saturated rings. The fourth-order valence-corrected chi connectivity index (χ4v) is 1.60. The van der Waals surface area contributed by atoms with Crippen LogP contribution in [0.2, 0.25) is 5.02 Å². The highest BCUT2D eigenvalue weighted by Gasteiger charge is 2.13. The van der Waals surface area contributed by atoms with E-state index in [-0.39, 0.29) is 23.4 Å². The number of hydrogen-bond acceptors (Lipinski definition) is 4. The van der Waals surface area contributed by atoms with Gasteiger partial charge in [0.05, 0.1) is 5.02 Å². The van der Waals surface area contributed by atoms with Gasteiger partial charge in [-0.05, 0) is 25.0 Å². The Hall–Kier alpha value is -1.33. The number of carboxylic acid groups (broad SMARTS) is 1. The zero-order chi connectivity index (χ0) is 12.8. The highest BCUT2D eigenvalue weighted by Crippen LogP contribution is 2.18. The molecule has 1 heterocycles. The number of anilines is 1. The summed E-state index contributed by atoms with van der Waals surface area (Å²) in [6.07, 6.45) is 1.40. The van der Waals surface area contributed by atoms with E-state index in [1.54, 1.807) is 6.07 Å². The molecule has 5 nitrogen and oxygen atoms in total. The number of hydrogen-bond donors (Lipinski definition) is 3. The summed E-state index contributed by atoms with van der Waals surface area (Å²) in [6, 6.07) is 3.18. The molecule has 1 unspecified atom stereocenters. The van der Waals surface area contributed by atoms with Gasteiger partial charge in [-0.3, -0.25) is 0 Å². The number of carbonyl (C=O) groups is 1. The average molecular weight is 259 g/mol. The van der Waals surface area contributed by atoms with Gasteiger partial charge in [0, 0.05) is 12.6 Å². The van der Waals surface area contributed by atoms with E-state index in [1.807, 2.05) is 6.92 Å². The van der Waals surface area contributed by atoms with E-state index in [2.05, 4.69) is 10.3 Å². The van der Waals surface area contributed by atoms with E-state index in [1.165, 1.54) is 6.07 Å². The van der Waals surface area contributed by atoms with Crippen molar-refractivity contribution >= 4 is 23.4 Å². The first kappa shape index (κ1) is 13.7. The fraction of sp³-hybridized carbons (Fsp3) is 0.455. The van der Waals surface area contributed by atoms with E-state index < -0.39 is 5.97 Å². The first-order valence-electron chi connectivity index (χ1n) is 5.35. The third kappa shape index (κ3) is 3.87. The standard InChI is InChI=1S/C11H15ClN2O3/c1-2-7(5-6-15)13-9-4-3-8(12)10(14-9)11(16)17/h3-4,7,15H,2,5-6H2,1H3,(H,13,14)(H,16,17). The lowest BCUT2D eigenvalue weighted by Crippen LogP contribution is -2.21. The molecule has 0 aliphatic heterocycles. The normalized spacial score (nSPS) is 12.2. The van der Waals surface area contributed by atoms with Crippen LogP contribution in [0.25, 0.3) is 0 Å². The summed E-state index contributed by atoms with van der Waals surface area (Å²) in [5, 5.41) is 20.9. The smallest absolute Gasteiger partial charge is 0.356 e. The molecular weight excluding hydrogens is 244 g/mol. The second-order valence-electron chi connectivity index (χ2n) is 3.59. The highest BCUT2D eigenvalue weighted by molar-refractivity contribution is 6.33. The van der Waals surface area contributed by atoms with Gasteiger partial charge in [-0.2, -0.15) is 0 Å². The molecule has 94 valence electrons. The monoisotopic (exact) mass is 258 g/mol. The summed E-state index contributed by atoms with van der Waals surface area (Å²) >= 11 is 5.71. The number of carboxylic acids is 1. The molecule has 3 N–H and O–H groups in total. The van der Waals surface area contributed by atoms with Gasteiger partial charge >= 0.3 is 5.97 Å². The van der Waals surface area contributed by atoms with Crippen molar-refractivity contribution < 1.29 is 15.0 Å². The number of aromatic nitrogens is 1. The van der Waals surface area contributed by atoms with E-state index in [9.17, 15) is 4.79 Å². The Balaban J connectivity index is 2.84. The van der Waals surface area contributed by atoms with Crippen LogP contribution < -0.4 is 5.32 Å². The van der Waals surface area contributed by atoms with Crippen molar-refractivity contribution in [2.45, 2.75) is 25.8 Å². The molecule has 6 heteroatoms. The van der Waals surface area contributed by atoms with Gasteiger partial charge in [0.2, 0.25) is 0 Å². The Morgan fingerprint density at radius 3 is 2.82 bits per heavy atom. The molecule has 0 saturated heterocycles. The van der Waals surface area contributed by atoms with E-state index in [0.717, 1.165) is 6.42 Å². The molecule has 0 aliphatic rings. The molecule has 0 saturated carbocycles. The molecule has 0 bridgehead atoms. The van der Waals surface area contributed by atoms with Crippen LogP contribution in [0, 0.1) is 0 Å². The maximum Gasteiger partial charge on any atom is 0.356 e. The van der Waals surface area contributed by atoms with Crippen LogP contribution in [0.5, 0.6) is 0 Å². The average Bonchev–Trinajstić information content (AvgIpc) is 2.30. The van der Waals surface area contributed by atoms with E-state index in [0.29, 0.717) is 12.2 Å². The van der Waals surface area contributed by atoms with Crippen molar-refractivity contribution in [1.82, 2.24) is 4.98 Å². The number of pyridine rings is 1. The Bertz CT molecular complexity index is 398. The topological polar surface area (TPSA) is 82.5 Å². The molecule has 1 aromatic heterocycles. The molecule has 0 radical (unpaired) electrons. The molecule has 17 heavy (non-hydrogen) atoms. The number of aliphatic hydroxyl groups excluding tert-OH is 1. The summed E-state index contributed by atoms with van der Waals surface area (Å²) in [4.78, 5) is 14.8. The van der Waals surface area contributed by atoms with Gasteiger partial charge in [0.15, 0.2) is 5.69 Å². The van der Waals surface area contributed by atoms with E-state index >= 15 is 0 Å². The fourth-order valence-electron chi connectivity index (χ4n) is 1.42. The number of aromatic carboxylic acids is 1. The minimum Gasteiger partial charge on any atom is -0.476 e. The van der Waals surface area contributed by atoms with E-state index in [4.69, 9.17) is 21.8 Å². The minimum atomic E-state index is -1.16. The summed E-state index contributed by atoms with van der Waals surface area (Å²) in [5.74, 6) is -0.707.